The lowest BCUT2D eigenvalue weighted by atomic mass is 9.95. The number of carbonyl (C=O) groups excluding carboxylic acids is 1. The van der Waals surface area contributed by atoms with Crippen LogP contribution in [0.2, 0.25) is 0 Å². The second-order valence-corrected chi connectivity index (χ2v) is 8.82. The van der Waals surface area contributed by atoms with Gasteiger partial charge in [0.15, 0.2) is 0 Å². The highest BCUT2D eigenvalue weighted by atomic mass is 32.1. The quantitative estimate of drug-likeness (QED) is 0.686. The molecule has 4 rings (SSSR count). The molecule has 5 nitrogen and oxygen atoms in total. The number of anilines is 1. The summed E-state index contributed by atoms with van der Waals surface area (Å²) < 4.78 is 2.68. The normalized spacial score (nSPS) is 15.7. The van der Waals surface area contributed by atoms with Gasteiger partial charge in [-0.1, -0.05) is 41.2 Å². The summed E-state index contributed by atoms with van der Waals surface area (Å²) in [5, 5.41) is 3.06. The molecule has 1 amide bonds. The van der Waals surface area contributed by atoms with Crippen LogP contribution < -0.4 is 10.2 Å². The summed E-state index contributed by atoms with van der Waals surface area (Å²) >= 11 is 1.23. The smallest absolute Gasteiger partial charge is 0.308 e. The number of likely N-dealkylation sites (tertiary alicyclic amines) is 1. The van der Waals surface area contributed by atoms with Crippen molar-refractivity contribution in [2.45, 2.75) is 39.8 Å². The van der Waals surface area contributed by atoms with E-state index in [2.05, 4.69) is 41.4 Å². The van der Waals surface area contributed by atoms with Crippen molar-refractivity contribution in [2.75, 3.05) is 18.4 Å². The van der Waals surface area contributed by atoms with Gasteiger partial charge in [0.25, 0.3) is 0 Å². The second-order valence-electron chi connectivity index (χ2n) is 7.82. The van der Waals surface area contributed by atoms with E-state index in [4.69, 9.17) is 0 Å². The van der Waals surface area contributed by atoms with Crippen molar-refractivity contribution in [1.82, 2.24) is 9.47 Å². The van der Waals surface area contributed by atoms with Crippen LogP contribution in [0.25, 0.3) is 10.2 Å². The third kappa shape index (κ3) is 4.43. The zero-order valence-electron chi connectivity index (χ0n) is 17.0. The van der Waals surface area contributed by atoms with Gasteiger partial charge in [-0.25, -0.2) is 0 Å². The van der Waals surface area contributed by atoms with Crippen molar-refractivity contribution in [3.05, 3.63) is 63.3 Å². The van der Waals surface area contributed by atoms with Gasteiger partial charge >= 0.3 is 4.87 Å². The summed E-state index contributed by atoms with van der Waals surface area (Å²) in [4.78, 5) is 27.2. The first-order valence-corrected chi connectivity index (χ1v) is 11.1. The van der Waals surface area contributed by atoms with Crippen LogP contribution in [0.5, 0.6) is 0 Å². The third-order valence-electron chi connectivity index (χ3n) is 5.70. The van der Waals surface area contributed by atoms with Gasteiger partial charge in [0.05, 0.1) is 10.2 Å². The van der Waals surface area contributed by atoms with Crippen LogP contribution in [0, 0.1) is 12.8 Å². The molecular formula is C23H27N3O2S. The zero-order valence-corrected chi connectivity index (χ0v) is 17.8. The number of aromatic nitrogens is 1. The molecular weight excluding hydrogens is 382 g/mol. The predicted molar refractivity (Wildman–Crippen MR) is 120 cm³/mol. The van der Waals surface area contributed by atoms with Crippen LogP contribution in [-0.4, -0.2) is 28.5 Å². The molecule has 1 saturated heterocycles. The van der Waals surface area contributed by atoms with Crippen molar-refractivity contribution in [1.29, 1.82) is 0 Å². The number of hydrogen-bond donors (Lipinski definition) is 1. The number of amides is 1. The van der Waals surface area contributed by atoms with Crippen molar-refractivity contribution in [2.24, 2.45) is 5.92 Å². The standard InChI is InChI=1S/C23H27N3O2S/c1-3-26-20-8-7-19(14-21(20)29-23(26)28)24-22(27)18-9-11-25(12-10-18)15-17-6-4-5-16(2)13-17/h4-8,13-14,18H,3,9-12,15H2,1-2H3,(H,24,27). The van der Waals surface area contributed by atoms with E-state index in [-0.39, 0.29) is 16.7 Å². The molecule has 1 aromatic heterocycles. The van der Waals surface area contributed by atoms with E-state index in [0.29, 0.717) is 6.54 Å². The Morgan fingerprint density at radius 1 is 1.17 bits per heavy atom. The van der Waals surface area contributed by atoms with Crippen molar-refractivity contribution in [3.63, 3.8) is 0 Å². The lowest BCUT2D eigenvalue weighted by molar-refractivity contribution is -0.121. The van der Waals surface area contributed by atoms with Gasteiger partial charge in [0.1, 0.15) is 0 Å². The highest BCUT2D eigenvalue weighted by Crippen LogP contribution is 2.24. The number of nitrogens with zero attached hydrogens (tertiary/aromatic N) is 2. The number of piperidine rings is 1. The molecule has 152 valence electrons. The third-order valence-corrected chi connectivity index (χ3v) is 6.64. The maximum Gasteiger partial charge on any atom is 0.308 e. The second kappa shape index (κ2) is 8.51. The Kier molecular flexibility index (Phi) is 5.83. The van der Waals surface area contributed by atoms with E-state index >= 15 is 0 Å². The number of benzene rings is 2. The Hall–Kier alpha value is -2.44. The van der Waals surface area contributed by atoms with Crippen LogP contribution in [0.1, 0.15) is 30.9 Å². The molecule has 1 N–H and O–H groups in total. The van der Waals surface area contributed by atoms with E-state index in [1.165, 1.54) is 22.5 Å². The van der Waals surface area contributed by atoms with Crippen LogP contribution in [0.15, 0.2) is 47.3 Å². The molecule has 0 aliphatic carbocycles. The van der Waals surface area contributed by atoms with Gasteiger partial charge in [0, 0.05) is 24.7 Å². The fourth-order valence-corrected chi connectivity index (χ4v) is 5.10. The topological polar surface area (TPSA) is 54.3 Å². The van der Waals surface area contributed by atoms with E-state index in [9.17, 15) is 9.59 Å². The van der Waals surface area contributed by atoms with Crippen LogP contribution >= 0.6 is 11.3 Å². The molecule has 1 aliphatic rings. The summed E-state index contributed by atoms with van der Waals surface area (Å²) in [5.41, 5.74) is 4.33. The van der Waals surface area contributed by atoms with Gasteiger partial charge in [-0.15, -0.1) is 0 Å². The van der Waals surface area contributed by atoms with Crippen LogP contribution in [-0.2, 0) is 17.9 Å². The van der Waals surface area contributed by atoms with Crippen molar-refractivity contribution >= 4 is 33.1 Å². The van der Waals surface area contributed by atoms with Gasteiger partial charge in [-0.2, -0.15) is 0 Å². The SMILES string of the molecule is CCn1c(=O)sc2cc(NC(=O)C3CCN(Cc4cccc(C)c4)CC3)ccc21. The number of carbonyl (C=O) groups is 1. The molecule has 0 bridgehead atoms. The van der Waals surface area contributed by atoms with E-state index in [1.54, 1.807) is 4.57 Å². The van der Waals surface area contributed by atoms with E-state index in [0.717, 1.165) is 48.4 Å². The molecule has 6 heteroatoms. The van der Waals surface area contributed by atoms with Crippen molar-refractivity contribution in [3.8, 4) is 0 Å². The average molecular weight is 410 g/mol. The lowest BCUT2D eigenvalue weighted by Gasteiger charge is -2.31. The van der Waals surface area contributed by atoms with Crippen molar-refractivity contribution < 1.29 is 4.79 Å². The number of nitrogens with one attached hydrogen (secondary N) is 1. The fraction of sp³-hybridized carbons (Fsp3) is 0.391. The number of rotatable bonds is 5. The van der Waals surface area contributed by atoms with Gasteiger partial charge < -0.3 is 5.32 Å². The lowest BCUT2D eigenvalue weighted by Crippen LogP contribution is -2.37. The molecule has 2 aromatic carbocycles. The maximum atomic E-state index is 12.7. The summed E-state index contributed by atoms with van der Waals surface area (Å²) in [6.07, 6.45) is 1.75. The highest BCUT2D eigenvalue weighted by Gasteiger charge is 2.25. The Morgan fingerprint density at radius 2 is 1.97 bits per heavy atom. The number of fused-ring (bicyclic) bond motifs is 1. The number of hydrogen-bond acceptors (Lipinski definition) is 4. The molecule has 1 aliphatic heterocycles. The molecule has 3 aromatic rings. The zero-order chi connectivity index (χ0) is 20.4. The first-order chi connectivity index (χ1) is 14.0. The Balaban J connectivity index is 1.35. The number of thiazole rings is 1. The highest BCUT2D eigenvalue weighted by molar-refractivity contribution is 7.16. The Bertz CT molecular complexity index is 1080. The van der Waals surface area contributed by atoms with Gasteiger partial charge in [0.2, 0.25) is 5.91 Å². The van der Waals surface area contributed by atoms with E-state index in [1.807, 2.05) is 25.1 Å². The summed E-state index contributed by atoms with van der Waals surface area (Å²) in [6, 6.07) is 14.4. The maximum absolute atomic E-state index is 12.7. The number of aryl methyl sites for hydroxylation is 2. The minimum Gasteiger partial charge on any atom is -0.326 e. The minimum absolute atomic E-state index is 0.0402. The predicted octanol–water partition coefficient (Wildman–Crippen LogP) is 4.24. The van der Waals surface area contributed by atoms with Gasteiger partial charge in [-0.05, 0) is 63.5 Å². The Labute approximate surface area is 175 Å². The molecule has 1 fully saturated rings. The summed E-state index contributed by atoms with van der Waals surface area (Å²) in [7, 11) is 0. The van der Waals surface area contributed by atoms with E-state index < -0.39 is 0 Å². The molecule has 0 atom stereocenters. The summed E-state index contributed by atoms with van der Waals surface area (Å²) in [6.45, 7) is 7.56. The molecule has 0 unspecified atom stereocenters. The van der Waals surface area contributed by atoms with Crippen LogP contribution in [0.4, 0.5) is 5.69 Å². The molecule has 0 spiro atoms. The molecule has 29 heavy (non-hydrogen) atoms. The molecule has 2 heterocycles. The largest absolute Gasteiger partial charge is 0.326 e. The average Bonchev–Trinajstić information content (AvgIpc) is 3.02. The van der Waals surface area contributed by atoms with Crippen LogP contribution in [0.3, 0.4) is 0 Å². The minimum atomic E-state index is 0.0402. The van der Waals surface area contributed by atoms with Gasteiger partial charge in [-0.3, -0.25) is 19.1 Å². The molecule has 0 saturated carbocycles. The Morgan fingerprint density at radius 3 is 2.69 bits per heavy atom. The summed E-state index contributed by atoms with van der Waals surface area (Å²) in [5.74, 6) is 0.125. The molecule has 0 radical (unpaired) electrons. The first kappa shape index (κ1) is 19.9. The monoisotopic (exact) mass is 409 g/mol. The first-order valence-electron chi connectivity index (χ1n) is 10.3. The fourth-order valence-electron chi connectivity index (χ4n) is 4.11.